The van der Waals surface area contributed by atoms with Crippen molar-refractivity contribution in [2.45, 2.75) is 38.8 Å². The molecule has 0 bridgehead atoms. The Kier molecular flexibility index (Phi) is 6.05. The monoisotopic (exact) mass is 290 g/mol. The van der Waals surface area contributed by atoms with E-state index in [1.165, 1.54) is 12.1 Å². The molecule has 0 spiro atoms. The van der Waals surface area contributed by atoms with Crippen molar-refractivity contribution < 1.29 is 22.3 Å². The molecule has 1 aromatic rings. The summed E-state index contributed by atoms with van der Waals surface area (Å²) < 4.78 is 58.0. The van der Waals surface area contributed by atoms with Crippen LogP contribution in [-0.2, 0) is 12.6 Å². The quantitative estimate of drug-likeness (QED) is 0.384. The molecule has 0 atom stereocenters. The van der Waals surface area contributed by atoms with E-state index in [0.29, 0.717) is 12.8 Å². The number of allylic oxidation sites excluding steroid dienone is 1. The number of halogens is 4. The van der Waals surface area contributed by atoms with Gasteiger partial charge >= 0.3 is 6.18 Å². The summed E-state index contributed by atoms with van der Waals surface area (Å²) in [6.07, 6.45) is -1.20. The number of hydrogen-bond acceptors (Lipinski definition) is 1. The molecule has 1 rings (SSSR count). The van der Waals surface area contributed by atoms with Gasteiger partial charge in [-0.1, -0.05) is 25.5 Å². The summed E-state index contributed by atoms with van der Waals surface area (Å²) in [5.41, 5.74) is -1.28. The Morgan fingerprint density at radius 3 is 2.55 bits per heavy atom. The smallest absolute Gasteiger partial charge is 0.422 e. The van der Waals surface area contributed by atoms with E-state index in [0.717, 1.165) is 6.42 Å². The molecule has 0 fully saturated rings. The molecule has 0 aliphatic carbocycles. The molecule has 0 amide bonds. The van der Waals surface area contributed by atoms with Crippen molar-refractivity contribution in [1.29, 1.82) is 0 Å². The molecule has 0 aliphatic rings. The van der Waals surface area contributed by atoms with Gasteiger partial charge in [-0.25, -0.2) is 4.39 Å². The third-order valence-electron chi connectivity index (χ3n) is 2.84. The van der Waals surface area contributed by atoms with Crippen LogP contribution in [0.3, 0.4) is 0 Å². The second kappa shape index (κ2) is 7.31. The van der Waals surface area contributed by atoms with Gasteiger partial charge in [-0.05, 0) is 30.9 Å². The van der Waals surface area contributed by atoms with Gasteiger partial charge in [0.15, 0.2) is 0 Å². The highest BCUT2D eigenvalue weighted by Gasteiger charge is 2.38. The first-order valence-electron chi connectivity index (χ1n) is 6.54. The lowest BCUT2D eigenvalue weighted by molar-refractivity contribution is -0.141. The molecule has 0 saturated carbocycles. The molecule has 1 nitrogen and oxygen atoms in total. The van der Waals surface area contributed by atoms with Crippen LogP contribution in [-0.4, -0.2) is 6.61 Å². The molecule has 1 aromatic carbocycles. The van der Waals surface area contributed by atoms with Crippen LogP contribution in [0.1, 0.15) is 37.3 Å². The standard InChI is InChI=1S/C15H18F4O/c1-3-5-7-11-8-9-12(20-10-6-4-2)13(14(11)16)15(17,18)19/h3,8-9H,1,4-7,10H2,2H3. The van der Waals surface area contributed by atoms with Gasteiger partial charge in [0.1, 0.15) is 17.1 Å². The summed E-state index contributed by atoms with van der Waals surface area (Å²) >= 11 is 0. The first-order valence-corrected chi connectivity index (χ1v) is 6.54. The third kappa shape index (κ3) is 4.25. The lowest BCUT2D eigenvalue weighted by atomic mass is 10.0. The minimum absolute atomic E-state index is 0.0278. The fourth-order valence-electron chi connectivity index (χ4n) is 1.76. The Morgan fingerprint density at radius 1 is 1.30 bits per heavy atom. The summed E-state index contributed by atoms with van der Waals surface area (Å²) in [6, 6.07) is 2.54. The fourth-order valence-corrected chi connectivity index (χ4v) is 1.76. The van der Waals surface area contributed by atoms with Gasteiger partial charge in [0.2, 0.25) is 0 Å². The Hall–Kier alpha value is -1.52. The normalized spacial score (nSPS) is 11.4. The average molecular weight is 290 g/mol. The lowest BCUT2D eigenvalue weighted by Crippen LogP contribution is -2.13. The van der Waals surface area contributed by atoms with E-state index in [-0.39, 0.29) is 18.6 Å². The lowest BCUT2D eigenvalue weighted by Gasteiger charge is -2.16. The summed E-state index contributed by atoms with van der Waals surface area (Å²) in [6.45, 7) is 5.51. The number of aryl methyl sites for hydroxylation is 1. The van der Waals surface area contributed by atoms with E-state index in [1.54, 1.807) is 6.08 Å². The summed E-state index contributed by atoms with van der Waals surface area (Å²) in [7, 11) is 0. The molecule has 0 heterocycles. The Bertz CT molecular complexity index is 452. The topological polar surface area (TPSA) is 9.23 Å². The maximum absolute atomic E-state index is 14.0. The van der Waals surface area contributed by atoms with E-state index in [2.05, 4.69) is 6.58 Å². The highest BCUT2D eigenvalue weighted by atomic mass is 19.4. The third-order valence-corrected chi connectivity index (χ3v) is 2.84. The number of unbranched alkanes of at least 4 members (excludes halogenated alkanes) is 1. The van der Waals surface area contributed by atoms with E-state index in [1.807, 2.05) is 6.92 Å². The van der Waals surface area contributed by atoms with Crippen molar-refractivity contribution in [3.05, 3.63) is 41.7 Å². The van der Waals surface area contributed by atoms with Crippen molar-refractivity contribution in [2.75, 3.05) is 6.61 Å². The molecule has 0 radical (unpaired) electrons. The second-order valence-corrected chi connectivity index (χ2v) is 4.44. The summed E-state index contributed by atoms with van der Waals surface area (Å²) in [4.78, 5) is 0. The van der Waals surface area contributed by atoms with Gasteiger partial charge in [0, 0.05) is 0 Å². The first kappa shape index (κ1) is 16.5. The molecular formula is C15H18F4O. The first-order chi connectivity index (χ1) is 9.41. The molecule has 0 N–H and O–H groups in total. The van der Waals surface area contributed by atoms with Gasteiger partial charge in [-0.2, -0.15) is 13.2 Å². The van der Waals surface area contributed by atoms with Crippen molar-refractivity contribution >= 4 is 0 Å². The Labute approximate surface area is 116 Å². The van der Waals surface area contributed by atoms with Crippen LogP contribution in [0.4, 0.5) is 17.6 Å². The average Bonchev–Trinajstić information content (AvgIpc) is 2.36. The zero-order valence-corrected chi connectivity index (χ0v) is 11.4. The molecule has 0 saturated heterocycles. The van der Waals surface area contributed by atoms with E-state index in [4.69, 9.17) is 4.74 Å². The predicted molar refractivity (Wildman–Crippen MR) is 70.3 cm³/mol. The molecular weight excluding hydrogens is 272 g/mol. The second-order valence-electron chi connectivity index (χ2n) is 4.44. The van der Waals surface area contributed by atoms with Crippen molar-refractivity contribution in [2.24, 2.45) is 0 Å². The predicted octanol–water partition coefficient (Wildman–Crippen LogP) is 5.14. The van der Waals surface area contributed by atoms with Crippen molar-refractivity contribution in [3.63, 3.8) is 0 Å². The number of benzene rings is 1. The Balaban J connectivity index is 3.11. The van der Waals surface area contributed by atoms with E-state index < -0.39 is 23.3 Å². The largest absolute Gasteiger partial charge is 0.493 e. The molecule has 112 valence electrons. The molecule has 5 heteroatoms. The van der Waals surface area contributed by atoms with Crippen LogP contribution in [0.5, 0.6) is 5.75 Å². The van der Waals surface area contributed by atoms with Gasteiger partial charge in [0.05, 0.1) is 6.61 Å². The molecule has 0 aliphatic heterocycles. The number of rotatable bonds is 7. The van der Waals surface area contributed by atoms with E-state index >= 15 is 0 Å². The zero-order valence-electron chi connectivity index (χ0n) is 11.4. The van der Waals surface area contributed by atoms with Gasteiger partial charge in [-0.3, -0.25) is 0 Å². The highest BCUT2D eigenvalue weighted by Crippen LogP contribution is 2.39. The number of ether oxygens (including phenoxy) is 1. The summed E-state index contributed by atoms with van der Waals surface area (Å²) in [5.74, 6) is -1.68. The minimum Gasteiger partial charge on any atom is -0.493 e. The number of hydrogen-bond donors (Lipinski definition) is 0. The van der Waals surface area contributed by atoms with Crippen molar-refractivity contribution in [3.8, 4) is 5.75 Å². The van der Waals surface area contributed by atoms with Crippen LogP contribution in [0.2, 0.25) is 0 Å². The van der Waals surface area contributed by atoms with Crippen LogP contribution in [0.25, 0.3) is 0 Å². The maximum atomic E-state index is 14.0. The maximum Gasteiger partial charge on any atom is 0.422 e. The van der Waals surface area contributed by atoms with Crippen LogP contribution < -0.4 is 4.74 Å². The van der Waals surface area contributed by atoms with Gasteiger partial charge in [-0.15, -0.1) is 6.58 Å². The Morgan fingerprint density at radius 2 is 2.00 bits per heavy atom. The van der Waals surface area contributed by atoms with E-state index in [9.17, 15) is 17.6 Å². The summed E-state index contributed by atoms with van der Waals surface area (Å²) in [5, 5.41) is 0. The van der Waals surface area contributed by atoms with Crippen LogP contribution >= 0.6 is 0 Å². The highest BCUT2D eigenvalue weighted by molar-refractivity contribution is 5.41. The molecule has 20 heavy (non-hydrogen) atoms. The van der Waals surface area contributed by atoms with Crippen LogP contribution in [0.15, 0.2) is 24.8 Å². The minimum atomic E-state index is -4.77. The molecule has 0 aromatic heterocycles. The fraction of sp³-hybridized carbons (Fsp3) is 0.467. The SMILES string of the molecule is C=CCCc1ccc(OCCCC)c(C(F)(F)F)c1F. The molecule has 0 unspecified atom stereocenters. The number of alkyl halides is 3. The van der Waals surface area contributed by atoms with Gasteiger partial charge in [0.25, 0.3) is 0 Å². The van der Waals surface area contributed by atoms with Crippen LogP contribution in [0, 0.1) is 5.82 Å². The zero-order chi connectivity index (χ0) is 15.2. The van der Waals surface area contributed by atoms with Crippen molar-refractivity contribution in [1.82, 2.24) is 0 Å². The van der Waals surface area contributed by atoms with Gasteiger partial charge < -0.3 is 4.74 Å².